The van der Waals surface area contributed by atoms with Gasteiger partial charge in [-0.2, -0.15) is 0 Å². The van der Waals surface area contributed by atoms with Crippen LogP contribution in [0.2, 0.25) is 0 Å². The van der Waals surface area contributed by atoms with Crippen LogP contribution in [0.15, 0.2) is 60.7 Å². The van der Waals surface area contributed by atoms with E-state index in [1.54, 1.807) is 0 Å². The number of nitrogens with one attached hydrogen (secondary N) is 1. The van der Waals surface area contributed by atoms with Crippen LogP contribution in [0.4, 0.5) is 0 Å². The maximum absolute atomic E-state index is 9.00. The van der Waals surface area contributed by atoms with Gasteiger partial charge in [0, 0.05) is 25.1 Å². The summed E-state index contributed by atoms with van der Waals surface area (Å²) in [6.07, 6.45) is 0.788. The van der Waals surface area contributed by atoms with E-state index < -0.39 is 0 Å². The van der Waals surface area contributed by atoms with Crippen molar-refractivity contribution >= 4 is 0 Å². The molecule has 0 spiro atoms. The third kappa shape index (κ3) is 4.19. The van der Waals surface area contributed by atoms with Crippen molar-refractivity contribution in [3.05, 3.63) is 71.8 Å². The van der Waals surface area contributed by atoms with E-state index in [0.717, 1.165) is 13.0 Å². The first-order chi connectivity index (χ1) is 9.81. The third-order valence-electron chi connectivity index (χ3n) is 3.64. The van der Waals surface area contributed by atoms with E-state index in [0.29, 0.717) is 12.0 Å². The Hall–Kier alpha value is -1.64. The molecule has 0 fully saturated rings. The highest BCUT2D eigenvalue weighted by atomic mass is 16.3. The zero-order valence-electron chi connectivity index (χ0n) is 12.0. The van der Waals surface area contributed by atoms with Crippen molar-refractivity contribution in [2.75, 3.05) is 13.2 Å². The topological polar surface area (TPSA) is 32.3 Å². The Balaban J connectivity index is 2.13. The number of aliphatic hydroxyl groups excluding tert-OH is 1. The average molecular weight is 269 g/mol. The molecule has 2 nitrogen and oxygen atoms in total. The third-order valence-corrected chi connectivity index (χ3v) is 3.64. The molecule has 0 radical (unpaired) electrons. The van der Waals surface area contributed by atoms with Crippen LogP contribution >= 0.6 is 0 Å². The van der Waals surface area contributed by atoms with Gasteiger partial charge in [0.15, 0.2) is 0 Å². The molecule has 106 valence electrons. The van der Waals surface area contributed by atoms with Crippen LogP contribution in [0.25, 0.3) is 0 Å². The summed E-state index contributed by atoms with van der Waals surface area (Å²) >= 11 is 0. The molecule has 2 aromatic rings. The van der Waals surface area contributed by atoms with Crippen LogP contribution in [0.1, 0.15) is 30.4 Å². The van der Waals surface area contributed by atoms with Crippen molar-refractivity contribution in [3.8, 4) is 0 Å². The highest BCUT2D eigenvalue weighted by molar-refractivity contribution is 5.32. The Labute approximate surface area is 121 Å². The lowest BCUT2D eigenvalue weighted by molar-refractivity contribution is 0.268. The van der Waals surface area contributed by atoms with Crippen molar-refractivity contribution < 1.29 is 5.11 Å². The zero-order valence-corrected chi connectivity index (χ0v) is 12.0. The van der Waals surface area contributed by atoms with Crippen molar-refractivity contribution in [3.63, 3.8) is 0 Å². The smallest absolute Gasteiger partial charge is 0.0445 e. The molecule has 0 heterocycles. The van der Waals surface area contributed by atoms with Gasteiger partial charge in [-0.3, -0.25) is 0 Å². The maximum Gasteiger partial charge on any atom is 0.0445 e. The van der Waals surface area contributed by atoms with Gasteiger partial charge in [0.25, 0.3) is 0 Å². The van der Waals surface area contributed by atoms with Crippen LogP contribution in [-0.4, -0.2) is 24.3 Å². The molecular weight excluding hydrogens is 246 g/mol. The minimum atomic E-state index is 0.232. The molecule has 1 unspecified atom stereocenters. The summed E-state index contributed by atoms with van der Waals surface area (Å²) < 4.78 is 0. The van der Waals surface area contributed by atoms with Gasteiger partial charge in [0.05, 0.1) is 0 Å². The normalized spacial score (nSPS) is 12.6. The second-order valence-electron chi connectivity index (χ2n) is 5.20. The van der Waals surface area contributed by atoms with Gasteiger partial charge in [-0.1, -0.05) is 60.7 Å². The number of hydrogen-bond donors (Lipinski definition) is 2. The van der Waals surface area contributed by atoms with Crippen LogP contribution in [0.3, 0.4) is 0 Å². The average Bonchev–Trinajstić information content (AvgIpc) is 2.50. The lowest BCUT2D eigenvalue weighted by Crippen LogP contribution is -2.31. The second-order valence-corrected chi connectivity index (χ2v) is 5.20. The lowest BCUT2D eigenvalue weighted by Gasteiger charge is -2.21. The molecule has 0 bridgehead atoms. The number of rotatable bonds is 7. The maximum atomic E-state index is 9.00. The SMILES string of the molecule is CC(CCO)NCC(c1ccccc1)c1ccccc1. The Morgan fingerprint density at radius 2 is 1.40 bits per heavy atom. The molecule has 0 aliphatic heterocycles. The molecule has 2 heteroatoms. The van der Waals surface area contributed by atoms with Gasteiger partial charge in [-0.15, -0.1) is 0 Å². The van der Waals surface area contributed by atoms with Gasteiger partial charge in [-0.25, -0.2) is 0 Å². The van der Waals surface area contributed by atoms with Crippen molar-refractivity contribution in [1.29, 1.82) is 0 Å². The fourth-order valence-corrected chi connectivity index (χ4v) is 2.41. The number of aliphatic hydroxyl groups is 1. The molecule has 0 saturated heterocycles. The highest BCUT2D eigenvalue weighted by Gasteiger charge is 2.14. The molecule has 2 N–H and O–H groups in total. The Morgan fingerprint density at radius 1 is 0.900 bits per heavy atom. The molecule has 0 aliphatic carbocycles. The van der Waals surface area contributed by atoms with Crippen LogP contribution < -0.4 is 5.32 Å². The Morgan fingerprint density at radius 3 is 1.85 bits per heavy atom. The van der Waals surface area contributed by atoms with Crippen LogP contribution in [-0.2, 0) is 0 Å². The van der Waals surface area contributed by atoms with E-state index in [-0.39, 0.29) is 6.61 Å². The summed E-state index contributed by atoms with van der Waals surface area (Å²) in [5.41, 5.74) is 2.64. The molecule has 0 aliphatic rings. The highest BCUT2D eigenvalue weighted by Crippen LogP contribution is 2.23. The fourth-order valence-electron chi connectivity index (χ4n) is 2.41. The summed E-state index contributed by atoms with van der Waals surface area (Å²) in [7, 11) is 0. The van der Waals surface area contributed by atoms with Crippen LogP contribution in [0, 0.1) is 0 Å². The summed E-state index contributed by atoms with van der Waals surface area (Å²) in [5, 5.41) is 12.5. The quantitative estimate of drug-likeness (QED) is 0.809. The largest absolute Gasteiger partial charge is 0.396 e. The van der Waals surface area contributed by atoms with E-state index in [2.05, 4.69) is 60.8 Å². The summed E-state index contributed by atoms with van der Waals surface area (Å²) in [4.78, 5) is 0. The standard InChI is InChI=1S/C18H23NO/c1-15(12-13-20)19-14-18(16-8-4-2-5-9-16)17-10-6-3-7-11-17/h2-11,15,18-20H,12-14H2,1H3. The molecule has 20 heavy (non-hydrogen) atoms. The Bertz CT molecular complexity index is 444. The molecule has 0 aromatic heterocycles. The monoisotopic (exact) mass is 269 g/mol. The van der Waals surface area contributed by atoms with E-state index in [4.69, 9.17) is 5.11 Å². The first kappa shape index (κ1) is 14.8. The number of hydrogen-bond acceptors (Lipinski definition) is 2. The fraction of sp³-hybridized carbons (Fsp3) is 0.333. The number of benzene rings is 2. The summed E-state index contributed by atoms with van der Waals surface area (Å²) in [6, 6.07) is 21.5. The molecule has 0 saturated carbocycles. The van der Waals surface area contributed by atoms with Gasteiger partial charge in [-0.05, 0) is 24.5 Å². The Kier molecular flexibility index (Phi) is 5.78. The van der Waals surface area contributed by atoms with E-state index in [9.17, 15) is 0 Å². The van der Waals surface area contributed by atoms with Gasteiger partial charge in [0.1, 0.15) is 0 Å². The minimum Gasteiger partial charge on any atom is -0.396 e. The summed E-state index contributed by atoms with van der Waals surface area (Å²) in [6.45, 7) is 3.23. The first-order valence-electron chi connectivity index (χ1n) is 7.25. The molecule has 2 aromatic carbocycles. The predicted octanol–water partition coefficient (Wildman–Crippen LogP) is 3.18. The molecular formula is C18H23NO. The predicted molar refractivity (Wildman–Crippen MR) is 83.9 cm³/mol. The summed E-state index contributed by atoms with van der Waals surface area (Å²) in [5.74, 6) is 0.346. The second kappa shape index (κ2) is 7.83. The van der Waals surface area contributed by atoms with E-state index in [1.165, 1.54) is 11.1 Å². The van der Waals surface area contributed by atoms with Crippen molar-refractivity contribution in [2.24, 2.45) is 0 Å². The zero-order chi connectivity index (χ0) is 14.2. The van der Waals surface area contributed by atoms with Crippen molar-refractivity contribution in [2.45, 2.75) is 25.3 Å². The van der Waals surface area contributed by atoms with Gasteiger partial charge in [0.2, 0.25) is 0 Å². The molecule has 2 rings (SSSR count). The van der Waals surface area contributed by atoms with Gasteiger partial charge < -0.3 is 10.4 Å². The first-order valence-corrected chi connectivity index (χ1v) is 7.25. The minimum absolute atomic E-state index is 0.232. The van der Waals surface area contributed by atoms with E-state index >= 15 is 0 Å². The van der Waals surface area contributed by atoms with Gasteiger partial charge >= 0.3 is 0 Å². The molecule has 1 atom stereocenters. The van der Waals surface area contributed by atoms with E-state index in [1.807, 2.05) is 12.1 Å². The lowest BCUT2D eigenvalue weighted by atomic mass is 9.91. The van der Waals surface area contributed by atoms with Crippen LogP contribution in [0.5, 0.6) is 0 Å². The van der Waals surface area contributed by atoms with Crippen molar-refractivity contribution in [1.82, 2.24) is 5.32 Å². The molecule has 0 amide bonds.